The largest absolute Gasteiger partial charge is 0.444 e. The van der Waals surface area contributed by atoms with Gasteiger partial charge in [0.15, 0.2) is 0 Å². The summed E-state index contributed by atoms with van der Waals surface area (Å²) in [5, 5.41) is 2.90. The van der Waals surface area contributed by atoms with Gasteiger partial charge < -0.3 is 14.6 Å². The molecule has 1 unspecified atom stereocenters. The highest BCUT2D eigenvalue weighted by molar-refractivity contribution is 5.99. The van der Waals surface area contributed by atoms with Crippen LogP contribution in [-0.4, -0.2) is 21.4 Å². The molecule has 1 N–H and O–H groups in total. The number of hydrogen-bond donors (Lipinski definition) is 1. The minimum absolute atomic E-state index is 0.164. The molecule has 35 heavy (non-hydrogen) atoms. The lowest BCUT2D eigenvalue weighted by Crippen LogP contribution is -2.26. The second-order valence-corrected chi connectivity index (χ2v) is 8.45. The summed E-state index contributed by atoms with van der Waals surface area (Å²) in [6, 6.07) is 19.5. The maximum atomic E-state index is 13.3. The standard InChI is InChI=1S/C28H27N3O4/c1-5-31-24-14-13-21(16-23(24)29-19(4)27(31)33)28(34)35-25(20-9-7-6-8-10-20)26(32)30-22-15-17(2)11-12-18(22)3/h6-16,25H,5H2,1-4H3,(H,30,32). The number of fused-ring (bicyclic) bond motifs is 1. The van der Waals surface area contributed by atoms with E-state index < -0.39 is 18.0 Å². The molecule has 7 nitrogen and oxygen atoms in total. The Balaban J connectivity index is 1.66. The van der Waals surface area contributed by atoms with Crippen molar-refractivity contribution in [2.45, 2.75) is 40.3 Å². The third kappa shape index (κ3) is 4.99. The van der Waals surface area contributed by atoms with Crippen molar-refractivity contribution in [3.8, 4) is 0 Å². The average molecular weight is 470 g/mol. The van der Waals surface area contributed by atoms with E-state index in [0.29, 0.717) is 34.5 Å². The first-order chi connectivity index (χ1) is 16.8. The second kappa shape index (κ2) is 9.93. The first kappa shape index (κ1) is 23.9. The highest BCUT2D eigenvalue weighted by atomic mass is 16.5. The van der Waals surface area contributed by atoms with Gasteiger partial charge in [0.1, 0.15) is 5.69 Å². The van der Waals surface area contributed by atoms with Gasteiger partial charge in [0.2, 0.25) is 6.10 Å². The molecule has 0 spiro atoms. The number of anilines is 1. The van der Waals surface area contributed by atoms with Crippen LogP contribution in [0.1, 0.15) is 45.8 Å². The summed E-state index contributed by atoms with van der Waals surface area (Å²) in [4.78, 5) is 43.2. The molecule has 3 aromatic carbocycles. The molecule has 0 bridgehead atoms. The maximum Gasteiger partial charge on any atom is 0.339 e. The first-order valence-electron chi connectivity index (χ1n) is 11.4. The van der Waals surface area contributed by atoms with Crippen LogP contribution in [0.15, 0.2) is 71.5 Å². The summed E-state index contributed by atoms with van der Waals surface area (Å²) < 4.78 is 7.35. The van der Waals surface area contributed by atoms with Crippen molar-refractivity contribution in [2.24, 2.45) is 0 Å². The molecule has 0 aliphatic heterocycles. The molecule has 1 aromatic heterocycles. The van der Waals surface area contributed by atoms with Gasteiger partial charge in [-0.25, -0.2) is 9.78 Å². The van der Waals surface area contributed by atoms with E-state index in [2.05, 4.69) is 10.3 Å². The number of amides is 1. The summed E-state index contributed by atoms with van der Waals surface area (Å²) >= 11 is 0. The van der Waals surface area contributed by atoms with Crippen LogP contribution in [0, 0.1) is 20.8 Å². The third-order valence-corrected chi connectivity index (χ3v) is 5.88. The summed E-state index contributed by atoms with van der Waals surface area (Å²) in [5.74, 6) is -1.11. The highest BCUT2D eigenvalue weighted by Gasteiger charge is 2.26. The summed E-state index contributed by atoms with van der Waals surface area (Å²) in [6.07, 6.45) is -1.15. The molecular weight excluding hydrogens is 442 g/mol. The van der Waals surface area contributed by atoms with Crippen molar-refractivity contribution in [3.63, 3.8) is 0 Å². The molecule has 0 saturated carbocycles. The van der Waals surface area contributed by atoms with E-state index in [1.165, 1.54) is 0 Å². The smallest absolute Gasteiger partial charge is 0.339 e. The molecule has 1 heterocycles. The van der Waals surface area contributed by atoms with Crippen LogP contribution in [0.25, 0.3) is 11.0 Å². The number of carbonyl (C=O) groups excluding carboxylic acids is 2. The Morgan fingerprint density at radius 2 is 1.74 bits per heavy atom. The normalized spacial score (nSPS) is 11.8. The number of esters is 1. The molecule has 1 amide bonds. The van der Waals surface area contributed by atoms with Gasteiger partial charge in [-0.3, -0.25) is 9.59 Å². The van der Waals surface area contributed by atoms with E-state index in [-0.39, 0.29) is 11.1 Å². The number of nitrogens with zero attached hydrogens (tertiary/aromatic N) is 2. The Morgan fingerprint density at radius 3 is 2.46 bits per heavy atom. The van der Waals surface area contributed by atoms with Crippen molar-refractivity contribution in [2.75, 3.05) is 5.32 Å². The first-order valence-corrected chi connectivity index (χ1v) is 11.4. The van der Waals surface area contributed by atoms with Gasteiger partial charge in [-0.15, -0.1) is 0 Å². The van der Waals surface area contributed by atoms with Crippen molar-refractivity contribution in [1.29, 1.82) is 0 Å². The number of ether oxygens (including phenoxy) is 1. The Labute approximate surface area is 203 Å². The number of aryl methyl sites for hydroxylation is 4. The fourth-order valence-corrected chi connectivity index (χ4v) is 3.96. The van der Waals surface area contributed by atoms with Crippen molar-refractivity contribution in [3.05, 3.63) is 105 Å². The molecular formula is C28H27N3O4. The zero-order valence-electron chi connectivity index (χ0n) is 20.2. The third-order valence-electron chi connectivity index (χ3n) is 5.88. The van der Waals surface area contributed by atoms with Crippen LogP contribution >= 0.6 is 0 Å². The fraction of sp³-hybridized carbons (Fsp3) is 0.214. The highest BCUT2D eigenvalue weighted by Crippen LogP contribution is 2.24. The van der Waals surface area contributed by atoms with Gasteiger partial charge in [0.05, 0.1) is 16.6 Å². The zero-order valence-corrected chi connectivity index (χ0v) is 20.2. The molecule has 7 heteroatoms. The predicted octanol–water partition coefficient (Wildman–Crippen LogP) is 4.88. The number of rotatable bonds is 6. The Kier molecular flexibility index (Phi) is 6.78. The monoisotopic (exact) mass is 469 g/mol. The van der Waals surface area contributed by atoms with Crippen LogP contribution in [0.4, 0.5) is 5.69 Å². The molecule has 1 atom stereocenters. The SMILES string of the molecule is CCn1c(=O)c(C)nc2cc(C(=O)OC(C(=O)Nc3cc(C)ccc3C)c3ccccc3)ccc21. The molecule has 4 rings (SSSR count). The fourth-order valence-electron chi connectivity index (χ4n) is 3.96. The van der Waals surface area contributed by atoms with E-state index in [0.717, 1.165) is 11.1 Å². The number of hydrogen-bond acceptors (Lipinski definition) is 5. The van der Waals surface area contributed by atoms with Crippen LogP contribution in [-0.2, 0) is 16.1 Å². The Hall–Kier alpha value is -4.26. The van der Waals surface area contributed by atoms with Crippen molar-refractivity contribution < 1.29 is 14.3 Å². The Bertz CT molecular complexity index is 1480. The second-order valence-electron chi connectivity index (χ2n) is 8.45. The van der Waals surface area contributed by atoms with E-state index in [1.807, 2.05) is 45.0 Å². The summed E-state index contributed by atoms with van der Waals surface area (Å²) in [5.41, 5.74) is 4.69. The molecule has 0 aliphatic rings. The van der Waals surface area contributed by atoms with Crippen LogP contribution in [0.3, 0.4) is 0 Å². The van der Waals surface area contributed by atoms with Gasteiger partial charge in [-0.2, -0.15) is 0 Å². The summed E-state index contributed by atoms with van der Waals surface area (Å²) in [7, 11) is 0. The Morgan fingerprint density at radius 1 is 1.00 bits per heavy atom. The number of nitrogens with one attached hydrogen (secondary N) is 1. The number of carbonyl (C=O) groups is 2. The van der Waals surface area contributed by atoms with Gasteiger partial charge >= 0.3 is 5.97 Å². The van der Waals surface area contributed by atoms with E-state index in [1.54, 1.807) is 54.0 Å². The molecule has 178 valence electrons. The molecule has 0 fully saturated rings. The number of aromatic nitrogens is 2. The van der Waals surface area contributed by atoms with Crippen molar-refractivity contribution in [1.82, 2.24) is 9.55 Å². The lowest BCUT2D eigenvalue weighted by molar-refractivity contribution is -0.125. The van der Waals surface area contributed by atoms with Crippen LogP contribution in [0.2, 0.25) is 0 Å². The molecule has 0 radical (unpaired) electrons. The lowest BCUT2D eigenvalue weighted by atomic mass is 10.1. The summed E-state index contributed by atoms with van der Waals surface area (Å²) in [6.45, 7) is 7.84. The minimum atomic E-state index is -1.15. The van der Waals surface area contributed by atoms with Gasteiger partial charge in [-0.05, 0) is 63.1 Å². The van der Waals surface area contributed by atoms with E-state index >= 15 is 0 Å². The molecule has 0 saturated heterocycles. The predicted molar refractivity (Wildman–Crippen MR) is 136 cm³/mol. The van der Waals surface area contributed by atoms with Gasteiger partial charge in [-0.1, -0.05) is 42.5 Å². The van der Waals surface area contributed by atoms with Crippen molar-refractivity contribution >= 4 is 28.6 Å². The lowest BCUT2D eigenvalue weighted by Gasteiger charge is -2.19. The quantitative estimate of drug-likeness (QED) is 0.407. The van der Waals surface area contributed by atoms with Gasteiger partial charge in [0.25, 0.3) is 11.5 Å². The zero-order chi connectivity index (χ0) is 25.1. The van der Waals surface area contributed by atoms with E-state index in [4.69, 9.17) is 4.74 Å². The van der Waals surface area contributed by atoms with Crippen LogP contribution < -0.4 is 10.9 Å². The average Bonchev–Trinajstić information content (AvgIpc) is 2.85. The number of benzene rings is 3. The molecule has 0 aliphatic carbocycles. The minimum Gasteiger partial charge on any atom is -0.444 e. The van der Waals surface area contributed by atoms with E-state index in [9.17, 15) is 14.4 Å². The maximum absolute atomic E-state index is 13.3. The van der Waals surface area contributed by atoms with Crippen LogP contribution in [0.5, 0.6) is 0 Å². The van der Waals surface area contributed by atoms with Gasteiger partial charge in [0, 0.05) is 17.8 Å². The molecule has 4 aromatic rings. The topological polar surface area (TPSA) is 90.3 Å².